The molecule has 1 aliphatic rings. The maximum atomic E-state index is 12.1. The van der Waals surface area contributed by atoms with Crippen LogP contribution >= 0.6 is 23.1 Å². The lowest BCUT2D eigenvalue weighted by Gasteiger charge is -2.03. The van der Waals surface area contributed by atoms with Crippen molar-refractivity contribution in [1.82, 2.24) is 15.3 Å². The van der Waals surface area contributed by atoms with E-state index >= 15 is 0 Å². The van der Waals surface area contributed by atoms with Crippen LogP contribution in [0.4, 0.5) is 0 Å². The first-order chi connectivity index (χ1) is 10.5. The van der Waals surface area contributed by atoms with Gasteiger partial charge < -0.3 is 10.3 Å². The van der Waals surface area contributed by atoms with Gasteiger partial charge in [0, 0.05) is 10.9 Å². The van der Waals surface area contributed by atoms with Crippen LogP contribution in [0, 0.1) is 0 Å². The molecule has 22 heavy (non-hydrogen) atoms. The number of carbonyl (C=O) groups is 1. The van der Waals surface area contributed by atoms with E-state index < -0.39 is 0 Å². The van der Waals surface area contributed by atoms with Gasteiger partial charge in [0.15, 0.2) is 0 Å². The summed E-state index contributed by atoms with van der Waals surface area (Å²) < 4.78 is 0. The zero-order valence-electron chi connectivity index (χ0n) is 12.6. The van der Waals surface area contributed by atoms with E-state index in [9.17, 15) is 9.59 Å². The largest absolute Gasteiger partial charge is 0.353 e. The summed E-state index contributed by atoms with van der Waals surface area (Å²) in [7, 11) is 0. The third-order valence-corrected chi connectivity index (χ3v) is 5.73. The number of H-pyrrole nitrogens is 1. The van der Waals surface area contributed by atoms with Crippen molar-refractivity contribution in [1.29, 1.82) is 0 Å². The van der Waals surface area contributed by atoms with Gasteiger partial charge in [-0.1, -0.05) is 13.8 Å². The monoisotopic (exact) mass is 337 g/mol. The molecule has 0 radical (unpaired) electrons. The Morgan fingerprint density at radius 1 is 1.55 bits per heavy atom. The Hall–Kier alpha value is -1.34. The number of nitrogens with one attached hydrogen (secondary N) is 2. The van der Waals surface area contributed by atoms with Crippen molar-refractivity contribution in [3.63, 3.8) is 0 Å². The van der Waals surface area contributed by atoms with E-state index in [2.05, 4.69) is 29.1 Å². The third kappa shape index (κ3) is 3.70. The number of nitrogens with zero attached hydrogens (tertiary/aromatic N) is 1. The van der Waals surface area contributed by atoms with Gasteiger partial charge in [-0.3, -0.25) is 9.59 Å². The van der Waals surface area contributed by atoms with Gasteiger partial charge in [0.2, 0.25) is 5.91 Å². The lowest BCUT2D eigenvalue weighted by atomic mass is 10.2. The number of aromatic nitrogens is 2. The summed E-state index contributed by atoms with van der Waals surface area (Å²) in [6.07, 6.45) is 2.19. The second-order valence-electron chi connectivity index (χ2n) is 5.87. The van der Waals surface area contributed by atoms with Crippen molar-refractivity contribution in [2.75, 3.05) is 5.75 Å². The molecule has 0 aromatic carbocycles. The molecule has 7 heteroatoms. The van der Waals surface area contributed by atoms with E-state index in [0.717, 1.165) is 17.7 Å². The van der Waals surface area contributed by atoms with Crippen LogP contribution in [-0.4, -0.2) is 27.7 Å². The second kappa shape index (κ2) is 6.42. The van der Waals surface area contributed by atoms with Crippen molar-refractivity contribution in [3.8, 4) is 0 Å². The normalized spacial score (nSPS) is 14.7. The molecule has 2 aromatic heterocycles. The fraction of sp³-hybridized carbons (Fsp3) is 0.533. The highest BCUT2D eigenvalue weighted by Gasteiger charge is 2.22. The van der Waals surface area contributed by atoms with Crippen LogP contribution in [0.1, 0.15) is 43.3 Å². The summed E-state index contributed by atoms with van der Waals surface area (Å²) in [6, 6.07) is 2.32. The molecule has 0 atom stereocenters. The fourth-order valence-electron chi connectivity index (χ4n) is 2.08. The molecule has 1 amide bonds. The van der Waals surface area contributed by atoms with Crippen LogP contribution in [0.2, 0.25) is 0 Å². The SMILES string of the molecule is CC(C)c1cc2c(=O)[nH]c(CSCC(=O)NC3CC3)nc2s1. The molecule has 0 spiro atoms. The second-order valence-corrected chi connectivity index (χ2v) is 7.92. The Morgan fingerprint density at radius 2 is 2.32 bits per heavy atom. The van der Waals surface area contributed by atoms with Gasteiger partial charge >= 0.3 is 0 Å². The number of amides is 1. The summed E-state index contributed by atoms with van der Waals surface area (Å²) in [5.41, 5.74) is -0.0915. The molecular weight excluding hydrogens is 318 g/mol. The number of hydrogen-bond donors (Lipinski definition) is 2. The molecular formula is C15H19N3O2S2. The van der Waals surface area contributed by atoms with Gasteiger partial charge in [0.25, 0.3) is 5.56 Å². The maximum Gasteiger partial charge on any atom is 0.259 e. The number of rotatable bonds is 6. The average Bonchev–Trinajstić information content (AvgIpc) is 3.14. The average molecular weight is 337 g/mol. The molecule has 0 aliphatic heterocycles. The highest BCUT2D eigenvalue weighted by molar-refractivity contribution is 7.99. The molecule has 2 aromatic rings. The van der Waals surface area contributed by atoms with E-state index in [1.807, 2.05) is 6.07 Å². The molecule has 1 aliphatic carbocycles. The van der Waals surface area contributed by atoms with E-state index in [0.29, 0.717) is 34.7 Å². The van der Waals surface area contributed by atoms with Crippen LogP contribution in [0.5, 0.6) is 0 Å². The molecule has 2 N–H and O–H groups in total. The quantitative estimate of drug-likeness (QED) is 0.850. The Labute approximate surface area is 136 Å². The zero-order chi connectivity index (χ0) is 15.7. The van der Waals surface area contributed by atoms with Crippen LogP contribution in [0.3, 0.4) is 0 Å². The third-order valence-electron chi connectivity index (χ3n) is 3.45. The Balaban J connectivity index is 1.65. The summed E-state index contributed by atoms with van der Waals surface area (Å²) in [5, 5.41) is 3.61. The summed E-state index contributed by atoms with van der Waals surface area (Å²) >= 11 is 3.05. The first-order valence-electron chi connectivity index (χ1n) is 7.42. The highest BCUT2D eigenvalue weighted by Crippen LogP contribution is 2.27. The standard InChI is InChI=1S/C15H19N3O2S2/c1-8(2)11-5-10-14(20)17-12(18-15(10)22-11)6-21-7-13(19)16-9-3-4-9/h5,8-9H,3-4,6-7H2,1-2H3,(H,16,19)(H,17,18,20). The molecule has 1 fully saturated rings. The van der Waals surface area contributed by atoms with Crippen molar-refractivity contribution in [2.24, 2.45) is 0 Å². The lowest BCUT2D eigenvalue weighted by molar-refractivity contribution is -0.118. The Bertz CT molecular complexity index is 747. The first kappa shape index (κ1) is 15.6. The van der Waals surface area contributed by atoms with Gasteiger partial charge in [-0.25, -0.2) is 4.98 Å². The van der Waals surface area contributed by atoms with Gasteiger partial charge in [0.05, 0.1) is 16.9 Å². The number of carbonyl (C=O) groups excluding carboxylic acids is 1. The van der Waals surface area contributed by atoms with Crippen LogP contribution in [0.25, 0.3) is 10.2 Å². The van der Waals surface area contributed by atoms with Gasteiger partial charge in [-0.2, -0.15) is 0 Å². The van der Waals surface area contributed by atoms with E-state index in [4.69, 9.17) is 0 Å². The smallest absolute Gasteiger partial charge is 0.259 e. The molecule has 0 saturated heterocycles. The molecule has 0 unspecified atom stereocenters. The van der Waals surface area contributed by atoms with Crippen molar-refractivity contribution < 1.29 is 4.79 Å². The number of thiophene rings is 1. The molecule has 3 rings (SSSR count). The topological polar surface area (TPSA) is 74.8 Å². The van der Waals surface area contributed by atoms with E-state index in [-0.39, 0.29) is 11.5 Å². The number of hydrogen-bond acceptors (Lipinski definition) is 5. The molecule has 5 nitrogen and oxygen atoms in total. The zero-order valence-corrected chi connectivity index (χ0v) is 14.3. The van der Waals surface area contributed by atoms with Crippen LogP contribution in [-0.2, 0) is 10.5 Å². The summed E-state index contributed by atoms with van der Waals surface area (Å²) in [5.74, 6) is 2.04. The molecule has 118 valence electrons. The van der Waals surface area contributed by atoms with Crippen LogP contribution < -0.4 is 10.9 Å². The Kier molecular flexibility index (Phi) is 4.54. The first-order valence-corrected chi connectivity index (χ1v) is 9.40. The lowest BCUT2D eigenvalue weighted by Crippen LogP contribution is -2.27. The highest BCUT2D eigenvalue weighted by atomic mass is 32.2. The minimum Gasteiger partial charge on any atom is -0.353 e. The maximum absolute atomic E-state index is 12.1. The molecule has 1 saturated carbocycles. The van der Waals surface area contributed by atoms with Crippen molar-refractivity contribution in [2.45, 2.75) is 44.4 Å². The summed E-state index contributed by atoms with van der Waals surface area (Å²) in [4.78, 5) is 33.0. The molecule has 2 heterocycles. The van der Waals surface area contributed by atoms with Crippen molar-refractivity contribution in [3.05, 3.63) is 27.1 Å². The molecule has 0 bridgehead atoms. The van der Waals surface area contributed by atoms with Gasteiger partial charge in [-0.15, -0.1) is 23.1 Å². The predicted octanol–water partition coefficient (Wildman–Crippen LogP) is 2.62. The van der Waals surface area contributed by atoms with Crippen LogP contribution in [0.15, 0.2) is 10.9 Å². The fourth-order valence-corrected chi connectivity index (χ4v) is 3.84. The number of aromatic amines is 1. The predicted molar refractivity (Wildman–Crippen MR) is 91.7 cm³/mol. The minimum atomic E-state index is -0.0915. The number of thioether (sulfide) groups is 1. The van der Waals surface area contributed by atoms with E-state index in [1.54, 1.807) is 11.3 Å². The summed E-state index contributed by atoms with van der Waals surface area (Å²) in [6.45, 7) is 4.21. The van der Waals surface area contributed by atoms with Crippen molar-refractivity contribution >= 4 is 39.2 Å². The number of fused-ring (bicyclic) bond motifs is 1. The van der Waals surface area contributed by atoms with Gasteiger partial charge in [0.1, 0.15) is 10.7 Å². The van der Waals surface area contributed by atoms with Gasteiger partial charge in [-0.05, 0) is 24.8 Å². The Morgan fingerprint density at radius 3 is 3.00 bits per heavy atom. The minimum absolute atomic E-state index is 0.0640. The van der Waals surface area contributed by atoms with E-state index in [1.165, 1.54) is 16.6 Å².